The molecule has 2 rings (SSSR count). The minimum atomic E-state index is -0.372. The zero-order valence-electron chi connectivity index (χ0n) is 11.4. The molecule has 20 heavy (non-hydrogen) atoms. The molecule has 0 spiro atoms. The molecule has 0 saturated heterocycles. The summed E-state index contributed by atoms with van der Waals surface area (Å²) in [6, 6.07) is 12.9. The van der Waals surface area contributed by atoms with Gasteiger partial charge in [-0.15, -0.1) is 0 Å². The first kappa shape index (κ1) is 15.0. The molecule has 3 N–H and O–H groups in total. The van der Waals surface area contributed by atoms with Crippen LogP contribution >= 0.6 is 11.6 Å². The van der Waals surface area contributed by atoms with Gasteiger partial charge in [-0.1, -0.05) is 54.9 Å². The highest BCUT2D eigenvalue weighted by Gasteiger charge is 2.16. The molecule has 2 nitrogen and oxygen atoms in total. The van der Waals surface area contributed by atoms with E-state index in [-0.39, 0.29) is 16.9 Å². The summed E-state index contributed by atoms with van der Waals surface area (Å²) in [5.41, 5.74) is 5.64. The van der Waals surface area contributed by atoms with E-state index in [1.165, 1.54) is 5.56 Å². The smallest absolute Gasteiger partial charge is 0.145 e. The van der Waals surface area contributed by atoms with Crippen molar-refractivity contribution in [3.63, 3.8) is 0 Å². The lowest BCUT2D eigenvalue weighted by Gasteiger charge is -2.20. The Kier molecular flexibility index (Phi) is 5.12. The van der Waals surface area contributed by atoms with E-state index in [2.05, 4.69) is 18.4 Å². The van der Waals surface area contributed by atoms with Crippen molar-refractivity contribution in [1.82, 2.24) is 5.43 Å². The summed E-state index contributed by atoms with van der Waals surface area (Å²) in [7, 11) is 0. The number of hydrogen-bond donors (Lipinski definition) is 2. The van der Waals surface area contributed by atoms with Gasteiger partial charge >= 0.3 is 0 Å². The maximum atomic E-state index is 14.0. The van der Waals surface area contributed by atoms with Crippen LogP contribution < -0.4 is 11.3 Å². The van der Waals surface area contributed by atoms with Crippen molar-refractivity contribution in [2.45, 2.75) is 25.8 Å². The average Bonchev–Trinajstić information content (AvgIpc) is 2.49. The Morgan fingerprint density at radius 3 is 2.55 bits per heavy atom. The van der Waals surface area contributed by atoms with Gasteiger partial charge < -0.3 is 0 Å². The molecule has 2 aromatic rings. The number of hydrogen-bond acceptors (Lipinski definition) is 2. The molecule has 106 valence electrons. The zero-order chi connectivity index (χ0) is 14.5. The minimum Gasteiger partial charge on any atom is -0.271 e. The Hall–Kier alpha value is -1.42. The van der Waals surface area contributed by atoms with Crippen molar-refractivity contribution < 1.29 is 4.39 Å². The third-order valence-corrected chi connectivity index (χ3v) is 3.76. The normalized spacial score (nSPS) is 12.4. The van der Waals surface area contributed by atoms with Crippen molar-refractivity contribution in [3.8, 4) is 0 Å². The molecular weight excluding hydrogens is 275 g/mol. The Labute approximate surface area is 123 Å². The lowest BCUT2D eigenvalue weighted by molar-refractivity contribution is 0.526. The van der Waals surface area contributed by atoms with Gasteiger partial charge in [0.1, 0.15) is 5.82 Å². The molecule has 2 aromatic carbocycles. The van der Waals surface area contributed by atoms with Crippen molar-refractivity contribution in [3.05, 3.63) is 70.0 Å². The molecule has 0 aliphatic rings. The predicted molar refractivity (Wildman–Crippen MR) is 81.0 cm³/mol. The second kappa shape index (κ2) is 6.84. The van der Waals surface area contributed by atoms with Crippen molar-refractivity contribution in [1.29, 1.82) is 0 Å². The molecule has 0 saturated carbocycles. The van der Waals surface area contributed by atoms with Crippen molar-refractivity contribution >= 4 is 11.6 Å². The topological polar surface area (TPSA) is 38.0 Å². The number of rotatable bonds is 5. The van der Waals surface area contributed by atoms with Crippen molar-refractivity contribution in [2.75, 3.05) is 0 Å². The molecule has 4 heteroatoms. The summed E-state index contributed by atoms with van der Waals surface area (Å²) in [6.07, 6.45) is 1.37. The molecule has 0 amide bonds. The molecule has 0 heterocycles. The highest BCUT2D eigenvalue weighted by molar-refractivity contribution is 6.30. The SMILES string of the molecule is CCc1ccccc1C(Cc1cccc(Cl)c1F)NN. The van der Waals surface area contributed by atoms with Crippen LogP contribution in [-0.2, 0) is 12.8 Å². The van der Waals surface area contributed by atoms with Gasteiger partial charge in [-0.2, -0.15) is 0 Å². The van der Waals surface area contributed by atoms with E-state index in [0.29, 0.717) is 12.0 Å². The number of aryl methyl sites for hydroxylation is 1. The molecule has 0 aliphatic carbocycles. The van der Waals surface area contributed by atoms with Crippen LogP contribution in [0.25, 0.3) is 0 Å². The summed E-state index contributed by atoms with van der Waals surface area (Å²) < 4.78 is 14.0. The molecule has 1 unspecified atom stereocenters. The van der Waals surface area contributed by atoms with Crippen LogP contribution in [0.5, 0.6) is 0 Å². The van der Waals surface area contributed by atoms with Crippen LogP contribution in [0.2, 0.25) is 5.02 Å². The molecule has 0 bridgehead atoms. The van der Waals surface area contributed by atoms with Gasteiger partial charge in [-0.25, -0.2) is 4.39 Å². The first-order valence-electron chi connectivity index (χ1n) is 6.64. The maximum Gasteiger partial charge on any atom is 0.145 e. The fourth-order valence-corrected chi connectivity index (χ4v) is 2.57. The van der Waals surface area contributed by atoms with Crippen LogP contribution in [0.1, 0.15) is 29.7 Å². The zero-order valence-corrected chi connectivity index (χ0v) is 12.1. The van der Waals surface area contributed by atoms with Crippen molar-refractivity contribution in [2.24, 2.45) is 5.84 Å². The molecule has 0 aromatic heterocycles. The monoisotopic (exact) mass is 292 g/mol. The highest BCUT2D eigenvalue weighted by Crippen LogP contribution is 2.25. The predicted octanol–water partition coefficient (Wildman–Crippen LogP) is 3.79. The van der Waals surface area contributed by atoms with Gasteiger partial charge in [0, 0.05) is 0 Å². The third-order valence-electron chi connectivity index (χ3n) is 3.47. The summed E-state index contributed by atoms with van der Waals surface area (Å²) in [5, 5.41) is 0.141. The Morgan fingerprint density at radius 1 is 1.15 bits per heavy atom. The number of hydrazine groups is 1. The van der Waals surface area contributed by atoms with Gasteiger partial charge in [0.2, 0.25) is 0 Å². The van der Waals surface area contributed by atoms with E-state index in [9.17, 15) is 4.39 Å². The maximum absolute atomic E-state index is 14.0. The van der Waals surface area contributed by atoms with E-state index in [1.54, 1.807) is 18.2 Å². The van der Waals surface area contributed by atoms with Gasteiger partial charge in [-0.05, 0) is 35.6 Å². The molecular formula is C16H18ClFN2. The van der Waals surface area contributed by atoms with Crippen LogP contribution in [0.3, 0.4) is 0 Å². The van der Waals surface area contributed by atoms with E-state index >= 15 is 0 Å². The summed E-state index contributed by atoms with van der Waals surface area (Å²) in [5.74, 6) is 5.29. The minimum absolute atomic E-state index is 0.140. The Bertz CT molecular complexity index is 586. The average molecular weight is 293 g/mol. The molecule has 0 radical (unpaired) electrons. The van der Waals surface area contributed by atoms with Crippen LogP contribution in [-0.4, -0.2) is 0 Å². The Balaban J connectivity index is 2.31. The number of halogens is 2. The Morgan fingerprint density at radius 2 is 1.85 bits per heavy atom. The van der Waals surface area contributed by atoms with Crippen LogP contribution in [0.4, 0.5) is 4.39 Å². The van der Waals surface area contributed by atoms with Gasteiger partial charge in [0.05, 0.1) is 11.1 Å². The number of benzene rings is 2. The van der Waals surface area contributed by atoms with Gasteiger partial charge in [-0.3, -0.25) is 11.3 Å². The van der Waals surface area contributed by atoms with E-state index in [4.69, 9.17) is 17.4 Å². The quantitative estimate of drug-likeness (QED) is 0.650. The lowest BCUT2D eigenvalue weighted by atomic mass is 9.94. The van der Waals surface area contributed by atoms with Crippen LogP contribution in [0, 0.1) is 5.82 Å². The summed E-state index contributed by atoms with van der Waals surface area (Å²) >= 11 is 5.82. The van der Waals surface area contributed by atoms with E-state index in [1.807, 2.05) is 18.2 Å². The number of nitrogens with two attached hydrogens (primary N) is 1. The molecule has 0 aliphatic heterocycles. The molecule has 1 atom stereocenters. The lowest BCUT2D eigenvalue weighted by Crippen LogP contribution is -2.30. The first-order chi connectivity index (χ1) is 9.67. The molecule has 0 fully saturated rings. The summed E-state index contributed by atoms with van der Waals surface area (Å²) in [6.45, 7) is 2.09. The van der Waals surface area contributed by atoms with Gasteiger partial charge in [0.25, 0.3) is 0 Å². The fourth-order valence-electron chi connectivity index (χ4n) is 2.38. The fraction of sp³-hybridized carbons (Fsp3) is 0.250. The summed E-state index contributed by atoms with van der Waals surface area (Å²) in [4.78, 5) is 0. The highest BCUT2D eigenvalue weighted by atomic mass is 35.5. The second-order valence-electron chi connectivity index (χ2n) is 4.69. The van der Waals surface area contributed by atoms with E-state index in [0.717, 1.165) is 12.0 Å². The first-order valence-corrected chi connectivity index (χ1v) is 7.02. The van der Waals surface area contributed by atoms with E-state index < -0.39 is 0 Å². The van der Waals surface area contributed by atoms with Crippen LogP contribution in [0.15, 0.2) is 42.5 Å². The van der Waals surface area contributed by atoms with Gasteiger partial charge in [0.15, 0.2) is 0 Å². The largest absolute Gasteiger partial charge is 0.271 e. The number of nitrogens with one attached hydrogen (secondary N) is 1. The second-order valence-corrected chi connectivity index (χ2v) is 5.10. The third kappa shape index (κ3) is 3.18. The standard InChI is InChI=1S/C16H18ClFN2/c1-2-11-6-3-4-8-13(11)15(20-19)10-12-7-5-9-14(17)16(12)18/h3-9,15,20H,2,10,19H2,1H3.